The monoisotopic (exact) mass is 287 g/mol. The number of anilines is 1. The number of hydrogen-bond acceptors (Lipinski definition) is 4. The topological polar surface area (TPSA) is 56.1 Å². The van der Waals surface area contributed by atoms with Crippen molar-refractivity contribution < 1.29 is 9.53 Å². The fourth-order valence-electron chi connectivity index (χ4n) is 1.98. The number of carbonyl (C=O) groups excluding carboxylic acids is 1. The van der Waals surface area contributed by atoms with Crippen LogP contribution in [0.3, 0.4) is 0 Å². The highest BCUT2D eigenvalue weighted by Crippen LogP contribution is 2.12. The molecule has 21 heavy (non-hydrogen) atoms. The minimum Gasteiger partial charge on any atom is -0.462 e. The predicted octanol–water partition coefficient (Wildman–Crippen LogP) is 3.08. The number of imidazole rings is 1. The molecule has 0 aliphatic heterocycles. The van der Waals surface area contributed by atoms with E-state index in [1.54, 1.807) is 18.3 Å². The van der Waals surface area contributed by atoms with Crippen molar-refractivity contribution in [3.05, 3.63) is 48.0 Å². The van der Waals surface area contributed by atoms with Gasteiger partial charge in [0.2, 0.25) is 0 Å². The van der Waals surface area contributed by atoms with Crippen molar-refractivity contribution in [2.24, 2.45) is 0 Å². The molecule has 1 heterocycles. The quantitative estimate of drug-likeness (QED) is 0.795. The fraction of sp³-hybridized carbons (Fsp3) is 0.375. The van der Waals surface area contributed by atoms with Gasteiger partial charge in [-0.15, -0.1) is 0 Å². The van der Waals surface area contributed by atoms with Crippen LogP contribution in [0.4, 0.5) is 5.69 Å². The number of esters is 1. The minimum absolute atomic E-state index is 0.273. The van der Waals surface area contributed by atoms with Crippen LogP contribution >= 0.6 is 0 Å². The number of nitrogens with one attached hydrogen (secondary N) is 1. The van der Waals surface area contributed by atoms with E-state index in [0.29, 0.717) is 18.7 Å². The van der Waals surface area contributed by atoms with Gasteiger partial charge in [-0.25, -0.2) is 9.78 Å². The minimum atomic E-state index is -0.273. The highest BCUT2D eigenvalue weighted by atomic mass is 16.5. The summed E-state index contributed by atoms with van der Waals surface area (Å²) in [5.41, 5.74) is 1.52. The second-order valence-electron chi connectivity index (χ2n) is 4.70. The van der Waals surface area contributed by atoms with Gasteiger partial charge < -0.3 is 14.6 Å². The smallest absolute Gasteiger partial charge is 0.338 e. The summed E-state index contributed by atoms with van der Waals surface area (Å²) in [7, 11) is 0. The third-order valence-electron chi connectivity index (χ3n) is 3.15. The maximum Gasteiger partial charge on any atom is 0.338 e. The van der Waals surface area contributed by atoms with Gasteiger partial charge in [-0.05, 0) is 37.6 Å². The van der Waals surface area contributed by atoms with Crippen LogP contribution in [-0.2, 0) is 17.8 Å². The number of ether oxygens (including phenoxy) is 1. The molecule has 1 aromatic heterocycles. The molecule has 0 unspecified atom stereocenters. The molecule has 0 bridgehead atoms. The summed E-state index contributed by atoms with van der Waals surface area (Å²) in [5, 5.41) is 3.30. The SMILES string of the molecule is CCCOC(=O)c1ccc(NCc2nccn2CC)cc1. The Labute approximate surface area is 125 Å². The van der Waals surface area contributed by atoms with Crippen molar-refractivity contribution in [1.29, 1.82) is 0 Å². The van der Waals surface area contributed by atoms with Gasteiger partial charge in [0.05, 0.1) is 18.7 Å². The Morgan fingerprint density at radius 1 is 1.29 bits per heavy atom. The summed E-state index contributed by atoms with van der Waals surface area (Å²) in [4.78, 5) is 16.0. The van der Waals surface area contributed by atoms with Gasteiger partial charge in [0.25, 0.3) is 0 Å². The summed E-state index contributed by atoms with van der Waals surface area (Å²) in [6.07, 6.45) is 4.59. The number of carbonyl (C=O) groups is 1. The van der Waals surface area contributed by atoms with Crippen LogP contribution in [0.5, 0.6) is 0 Å². The molecule has 2 aromatic rings. The maximum atomic E-state index is 11.7. The molecule has 0 saturated carbocycles. The van der Waals surface area contributed by atoms with Crippen LogP contribution in [0.2, 0.25) is 0 Å². The Bertz CT molecular complexity index is 575. The molecule has 5 nitrogen and oxygen atoms in total. The largest absolute Gasteiger partial charge is 0.462 e. The number of aromatic nitrogens is 2. The standard InChI is InChI=1S/C16H21N3O2/c1-3-11-21-16(20)13-5-7-14(8-6-13)18-12-15-17-9-10-19(15)4-2/h5-10,18H,3-4,11-12H2,1-2H3. The maximum absolute atomic E-state index is 11.7. The Balaban J connectivity index is 1.92. The molecule has 0 aliphatic rings. The molecular formula is C16H21N3O2. The second kappa shape index (κ2) is 7.47. The first-order valence-electron chi connectivity index (χ1n) is 7.25. The van der Waals surface area contributed by atoms with Crippen LogP contribution in [0, 0.1) is 0 Å². The lowest BCUT2D eigenvalue weighted by atomic mass is 10.2. The molecule has 0 amide bonds. The number of nitrogens with zero attached hydrogens (tertiary/aromatic N) is 2. The summed E-state index contributed by atoms with van der Waals surface area (Å²) in [6, 6.07) is 7.29. The van der Waals surface area contributed by atoms with Gasteiger partial charge in [-0.1, -0.05) is 6.92 Å². The van der Waals surface area contributed by atoms with Gasteiger partial charge in [0, 0.05) is 24.6 Å². The van der Waals surface area contributed by atoms with Crippen molar-refractivity contribution in [2.75, 3.05) is 11.9 Å². The molecule has 0 radical (unpaired) electrons. The van der Waals surface area contributed by atoms with Crippen molar-refractivity contribution >= 4 is 11.7 Å². The van der Waals surface area contributed by atoms with Crippen molar-refractivity contribution in [3.8, 4) is 0 Å². The molecule has 0 atom stereocenters. The van der Waals surface area contributed by atoms with E-state index in [9.17, 15) is 4.79 Å². The third-order valence-corrected chi connectivity index (χ3v) is 3.15. The highest BCUT2D eigenvalue weighted by molar-refractivity contribution is 5.89. The van der Waals surface area contributed by atoms with Gasteiger partial charge >= 0.3 is 5.97 Å². The van der Waals surface area contributed by atoms with E-state index in [0.717, 1.165) is 24.5 Å². The van der Waals surface area contributed by atoms with Crippen molar-refractivity contribution in [2.45, 2.75) is 33.4 Å². The zero-order valence-corrected chi connectivity index (χ0v) is 12.5. The zero-order chi connectivity index (χ0) is 15.1. The average molecular weight is 287 g/mol. The number of benzene rings is 1. The van der Waals surface area contributed by atoms with E-state index >= 15 is 0 Å². The molecule has 0 spiro atoms. The van der Waals surface area contributed by atoms with E-state index in [2.05, 4.69) is 21.8 Å². The van der Waals surface area contributed by atoms with Crippen LogP contribution in [0.1, 0.15) is 36.5 Å². The van der Waals surface area contributed by atoms with Crippen LogP contribution < -0.4 is 5.32 Å². The molecule has 0 aliphatic carbocycles. The Morgan fingerprint density at radius 2 is 2.05 bits per heavy atom. The van der Waals surface area contributed by atoms with Crippen LogP contribution in [0.15, 0.2) is 36.7 Å². The van der Waals surface area contributed by atoms with Gasteiger partial charge in [0.15, 0.2) is 0 Å². The van der Waals surface area contributed by atoms with Crippen LogP contribution in [-0.4, -0.2) is 22.1 Å². The summed E-state index contributed by atoms with van der Waals surface area (Å²) in [5.74, 6) is 0.717. The molecule has 1 N–H and O–H groups in total. The molecule has 5 heteroatoms. The van der Waals surface area contributed by atoms with E-state index in [4.69, 9.17) is 4.74 Å². The normalized spacial score (nSPS) is 10.4. The van der Waals surface area contributed by atoms with Crippen molar-refractivity contribution in [3.63, 3.8) is 0 Å². The van der Waals surface area contributed by atoms with E-state index < -0.39 is 0 Å². The van der Waals surface area contributed by atoms with Gasteiger partial charge in [-0.2, -0.15) is 0 Å². The first-order valence-corrected chi connectivity index (χ1v) is 7.25. The lowest BCUT2D eigenvalue weighted by Crippen LogP contribution is -2.08. The second-order valence-corrected chi connectivity index (χ2v) is 4.70. The molecule has 112 valence electrons. The van der Waals surface area contributed by atoms with E-state index in [-0.39, 0.29) is 5.97 Å². The first-order chi connectivity index (χ1) is 10.2. The molecule has 1 aromatic carbocycles. The number of aryl methyl sites for hydroxylation is 1. The van der Waals surface area contributed by atoms with Crippen LogP contribution in [0.25, 0.3) is 0 Å². The Morgan fingerprint density at radius 3 is 2.71 bits per heavy atom. The molecule has 0 saturated heterocycles. The summed E-state index contributed by atoms with van der Waals surface area (Å²) >= 11 is 0. The fourth-order valence-corrected chi connectivity index (χ4v) is 1.98. The molecule has 2 rings (SSSR count). The number of hydrogen-bond donors (Lipinski definition) is 1. The van der Waals surface area contributed by atoms with Gasteiger partial charge in [-0.3, -0.25) is 0 Å². The summed E-state index contributed by atoms with van der Waals surface area (Å²) < 4.78 is 7.18. The summed E-state index contributed by atoms with van der Waals surface area (Å²) in [6.45, 7) is 6.07. The zero-order valence-electron chi connectivity index (χ0n) is 12.5. The molecule has 0 fully saturated rings. The molecular weight excluding hydrogens is 266 g/mol. The lowest BCUT2D eigenvalue weighted by molar-refractivity contribution is 0.0505. The average Bonchev–Trinajstić information content (AvgIpc) is 2.98. The first kappa shape index (κ1) is 15.1. The highest BCUT2D eigenvalue weighted by Gasteiger charge is 2.06. The van der Waals surface area contributed by atoms with Gasteiger partial charge in [0.1, 0.15) is 5.82 Å². The number of rotatable bonds is 7. The third kappa shape index (κ3) is 4.08. The predicted molar refractivity (Wildman–Crippen MR) is 82.2 cm³/mol. The van der Waals surface area contributed by atoms with Crippen molar-refractivity contribution in [1.82, 2.24) is 9.55 Å². The Kier molecular flexibility index (Phi) is 5.37. The lowest BCUT2D eigenvalue weighted by Gasteiger charge is -2.09. The van der Waals surface area contributed by atoms with E-state index in [1.807, 2.05) is 25.3 Å². The van der Waals surface area contributed by atoms with E-state index in [1.165, 1.54) is 0 Å². The Hall–Kier alpha value is -2.30.